The highest BCUT2D eigenvalue weighted by molar-refractivity contribution is 5.85. The van der Waals surface area contributed by atoms with Gasteiger partial charge in [0.2, 0.25) is 0 Å². The second kappa shape index (κ2) is 9.89. The van der Waals surface area contributed by atoms with Gasteiger partial charge in [0, 0.05) is 5.92 Å². The van der Waals surface area contributed by atoms with E-state index in [0.29, 0.717) is 12.8 Å². The van der Waals surface area contributed by atoms with Crippen molar-refractivity contribution in [3.05, 3.63) is 59.7 Å². The van der Waals surface area contributed by atoms with Crippen molar-refractivity contribution in [3.63, 3.8) is 0 Å². The molecule has 0 aliphatic heterocycles. The largest absolute Gasteiger partial charge is 0.479 e. The number of alkyl carbamates (subject to hydrolysis) is 1. The number of ether oxygens (including phenoxy) is 1. The van der Waals surface area contributed by atoms with Gasteiger partial charge in [0.15, 0.2) is 6.61 Å². The fraction of sp³-hybridized carbons (Fsp3) is 0.318. The lowest BCUT2D eigenvalue weighted by atomic mass is 9.98. The molecular formula is C22H24N2O6. The first kappa shape index (κ1) is 21.3. The molecule has 0 saturated heterocycles. The Labute approximate surface area is 174 Å². The molecule has 30 heavy (non-hydrogen) atoms. The summed E-state index contributed by atoms with van der Waals surface area (Å²) in [6, 6.07) is 15.1. The molecule has 1 atom stereocenters. The highest BCUT2D eigenvalue weighted by atomic mass is 16.7. The van der Waals surface area contributed by atoms with Gasteiger partial charge in [-0.1, -0.05) is 61.9 Å². The number of carboxylic acid groups (broad SMARTS) is 1. The van der Waals surface area contributed by atoms with Crippen LogP contribution < -0.4 is 10.8 Å². The highest BCUT2D eigenvalue weighted by Gasteiger charge is 2.29. The van der Waals surface area contributed by atoms with E-state index in [0.717, 1.165) is 22.3 Å². The molecule has 8 nitrogen and oxygen atoms in total. The van der Waals surface area contributed by atoms with Crippen LogP contribution in [0.15, 0.2) is 48.5 Å². The summed E-state index contributed by atoms with van der Waals surface area (Å²) in [6.45, 7) is 1.32. The molecule has 0 unspecified atom stereocenters. The van der Waals surface area contributed by atoms with Crippen molar-refractivity contribution in [1.29, 1.82) is 0 Å². The number of hydroxylamine groups is 1. The molecule has 158 valence electrons. The van der Waals surface area contributed by atoms with E-state index in [9.17, 15) is 14.4 Å². The smallest absolute Gasteiger partial charge is 0.407 e. The van der Waals surface area contributed by atoms with Crippen molar-refractivity contribution >= 4 is 18.0 Å². The van der Waals surface area contributed by atoms with E-state index >= 15 is 0 Å². The lowest BCUT2D eigenvalue weighted by Crippen LogP contribution is -2.47. The summed E-state index contributed by atoms with van der Waals surface area (Å²) < 4.78 is 5.44. The van der Waals surface area contributed by atoms with Crippen LogP contribution in [0.3, 0.4) is 0 Å². The monoisotopic (exact) mass is 412 g/mol. The lowest BCUT2D eigenvalue weighted by Gasteiger charge is -2.19. The van der Waals surface area contributed by atoms with Crippen LogP contribution in [0.1, 0.15) is 36.8 Å². The summed E-state index contributed by atoms with van der Waals surface area (Å²) in [5.74, 6) is -1.93. The molecular weight excluding hydrogens is 388 g/mol. The number of hydrogen-bond donors (Lipinski definition) is 3. The van der Waals surface area contributed by atoms with Gasteiger partial charge >= 0.3 is 12.1 Å². The fourth-order valence-electron chi connectivity index (χ4n) is 3.58. The molecule has 0 spiro atoms. The standard InChI is InChI=1S/C22H24N2O6/c1-2-7-19(21(27)24-30-13-20(25)26)23-22(28)29-12-18-16-10-5-3-8-14(16)15-9-4-6-11-17(15)18/h3-6,8-11,18-19H,2,7,12-13H2,1H3,(H,23,28)(H,24,27)(H,25,26)/t19-/m1/s1. The normalized spacial score (nSPS) is 13.1. The molecule has 1 aliphatic carbocycles. The second-order valence-electron chi connectivity index (χ2n) is 6.96. The van der Waals surface area contributed by atoms with E-state index in [1.165, 1.54) is 0 Å². The number of carbonyl (C=O) groups is 3. The zero-order chi connectivity index (χ0) is 21.5. The topological polar surface area (TPSA) is 114 Å². The predicted octanol–water partition coefficient (Wildman–Crippen LogP) is 2.83. The predicted molar refractivity (Wildman–Crippen MR) is 109 cm³/mol. The van der Waals surface area contributed by atoms with E-state index < -0.39 is 30.6 Å². The number of rotatable bonds is 9. The van der Waals surface area contributed by atoms with Crippen LogP contribution in [0, 0.1) is 0 Å². The van der Waals surface area contributed by atoms with E-state index in [4.69, 9.17) is 9.84 Å². The Balaban J connectivity index is 1.60. The quantitative estimate of drug-likeness (QED) is 0.546. The summed E-state index contributed by atoms with van der Waals surface area (Å²) >= 11 is 0. The first-order valence-corrected chi connectivity index (χ1v) is 9.76. The average molecular weight is 412 g/mol. The number of carbonyl (C=O) groups excluding carboxylic acids is 2. The summed E-state index contributed by atoms with van der Waals surface area (Å²) in [6.07, 6.45) is 0.260. The molecule has 0 saturated carbocycles. The fourth-order valence-corrected chi connectivity index (χ4v) is 3.58. The minimum Gasteiger partial charge on any atom is -0.479 e. The number of fused-ring (bicyclic) bond motifs is 3. The van der Waals surface area contributed by atoms with Crippen molar-refractivity contribution in [1.82, 2.24) is 10.8 Å². The van der Waals surface area contributed by atoms with Gasteiger partial charge in [-0.25, -0.2) is 15.1 Å². The minimum absolute atomic E-state index is 0.0829. The van der Waals surface area contributed by atoms with Crippen molar-refractivity contribution in [2.75, 3.05) is 13.2 Å². The molecule has 3 rings (SSSR count). The lowest BCUT2D eigenvalue weighted by molar-refractivity contribution is -0.150. The maximum Gasteiger partial charge on any atom is 0.407 e. The maximum absolute atomic E-state index is 12.3. The third kappa shape index (κ3) is 4.96. The van der Waals surface area contributed by atoms with Crippen LogP contribution in [0.4, 0.5) is 4.79 Å². The van der Waals surface area contributed by atoms with Crippen molar-refractivity contribution in [2.45, 2.75) is 31.7 Å². The molecule has 0 aromatic heterocycles. The van der Waals surface area contributed by atoms with Gasteiger partial charge in [0.1, 0.15) is 12.6 Å². The third-order valence-corrected chi connectivity index (χ3v) is 4.90. The van der Waals surface area contributed by atoms with Gasteiger partial charge in [-0.15, -0.1) is 0 Å². The van der Waals surface area contributed by atoms with Crippen LogP contribution >= 0.6 is 0 Å². The molecule has 1 aliphatic rings. The Morgan fingerprint density at radius 1 is 1.03 bits per heavy atom. The molecule has 2 aromatic carbocycles. The van der Waals surface area contributed by atoms with E-state index in [1.54, 1.807) is 0 Å². The van der Waals surface area contributed by atoms with Crippen LogP contribution in [-0.4, -0.2) is 42.3 Å². The second-order valence-corrected chi connectivity index (χ2v) is 6.96. The van der Waals surface area contributed by atoms with Gasteiger partial charge in [-0.05, 0) is 28.7 Å². The van der Waals surface area contributed by atoms with Crippen LogP contribution in [-0.2, 0) is 19.2 Å². The summed E-state index contributed by atoms with van der Waals surface area (Å²) in [7, 11) is 0. The molecule has 0 bridgehead atoms. The van der Waals surface area contributed by atoms with Crippen LogP contribution in [0.5, 0.6) is 0 Å². The van der Waals surface area contributed by atoms with Crippen molar-refractivity contribution in [2.24, 2.45) is 0 Å². The van der Waals surface area contributed by atoms with E-state index in [1.807, 2.05) is 60.9 Å². The van der Waals surface area contributed by atoms with Gasteiger partial charge in [-0.3, -0.25) is 9.63 Å². The van der Waals surface area contributed by atoms with Crippen LogP contribution in [0.25, 0.3) is 11.1 Å². The van der Waals surface area contributed by atoms with Crippen molar-refractivity contribution in [3.8, 4) is 11.1 Å². The van der Waals surface area contributed by atoms with Gasteiger partial charge in [-0.2, -0.15) is 0 Å². The molecule has 8 heteroatoms. The number of aliphatic carboxylic acids is 1. The zero-order valence-electron chi connectivity index (χ0n) is 16.6. The number of carboxylic acids is 1. The molecule has 0 radical (unpaired) electrons. The Bertz CT molecular complexity index is 884. The molecule has 3 N–H and O–H groups in total. The molecule has 2 amide bonds. The number of nitrogens with one attached hydrogen (secondary N) is 2. The van der Waals surface area contributed by atoms with Crippen LogP contribution in [0.2, 0.25) is 0 Å². The molecule has 2 aromatic rings. The summed E-state index contributed by atoms with van der Waals surface area (Å²) in [5.41, 5.74) is 6.48. The van der Waals surface area contributed by atoms with E-state index in [-0.39, 0.29) is 12.5 Å². The molecule has 0 heterocycles. The van der Waals surface area contributed by atoms with Crippen molar-refractivity contribution < 1.29 is 29.1 Å². The minimum atomic E-state index is -1.22. The van der Waals surface area contributed by atoms with Gasteiger partial charge < -0.3 is 15.2 Å². The first-order valence-electron chi connectivity index (χ1n) is 9.76. The molecule has 0 fully saturated rings. The van der Waals surface area contributed by atoms with Gasteiger partial charge in [0.25, 0.3) is 5.91 Å². The Morgan fingerprint density at radius 2 is 1.63 bits per heavy atom. The average Bonchev–Trinajstić information content (AvgIpc) is 3.05. The third-order valence-electron chi connectivity index (χ3n) is 4.90. The van der Waals surface area contributed by atoms with Gasteiger partial charge in [0.05, 0.1) is 0 Å². The number of amides is 2. The summed E-state index contributed by atoms with van der Waals surface area (Å²) in [4.78, 5) is 39.6. The highest BCUT2D eigenvalue weighted by Crippen LogP contribution is 2.44. The SMILES string of the molecule is CCC[C@@H](NC(=O)OCC1c2ccccc2-c2ccccc21)C(=O)NOCC(=O)O. The zero-order valence-corrected chi connectivity index (χ0v) is 16.6. The van der Waals surface area contributed by atoms with E-state index in [2.05, 4.69) is 10.2 Å². The Hall–Kier alpha value is -3.39. The Kier molecular flexibility index (Phi) is 7.03. The first-order chi connectivity index (χ1) is 14.5. The number of hydrogen-bond acceptors (Lipinski definition) is 5. The Morgan fingerprint density at radius 3 is 2.20 bits per heavy atom. The maximum atomic E-state index is 12.3. The summed E-state index contributed by atoms with van der Waals surface area (Å²) in [5, 5.41) is 11.1. The number of benzene rings is 2.